The number of phenols is 8. The number of aromatic hydroxyl groups is 8. The highest BCUT2D eigenvalue weighted by Gasteiger charge is 2.32. The van der Waals surface area contributed by atoms with Crippen LogP contribution in [0.1, 0.15) is 0 Å². The maximum atomic E-state index is 11.7. The number of hydrogen-bond donors (Lipinski definition) is 8. The fraction of sp³-hybridized carbons (Fsp3) is 0. The summed E-state index contributed by atoms with van der Waals surface area (Å²) >= 11 is 0. The van der Waals surface area contributed by atoms with Crippen LogP contribution in [0.4, 0.5) is 0 Å². The SMILES string of the molecule is Oc1c(O)c(O)c2c(-c3cc(-c4ccccc4)c4oc5cc6ccccc6cc5c4c3)c3c(O)c(O)c(O)c(O)c3c(-c3ccccc3)c2c1O. The highest BCUT2D eigenvalue weighted by atomic mass is 16.4. The van der Waals surface area contributed by atoms with E-state index in [4.69, 9.17) is 4.42 Å². The van der Waals surface area contributed by atoms with Gasteiger partial charge in [-0.1, -0.05) is 84.9 Å². The summed E-state index contributed by atoms with van der Waals surface area (Å²) in [6.07, 6.45) is 0. The summed E-state index contributed by atoms with van der Waals surface area (Å²) in [5, 5.41) is 92.5. The van der Waals surface area contributed by atoms with E-state index in [2.05, 4.69) is 0 Å². The van der Waals surface area contributed by atoms with Crippen molar-refractivity contribution >= 4 is 54.3 Å². The van der Waals surface area contributed by atoms with Crippen LogP contribution >= 0.6 is 0 Å². The van der Waals surface area contributed by atoms with Crippen molar-refractivity contribution in [3.8, 4) is 79.4 Å². The van der Waals surface area contributed by atoms with Crippen molar-refractivity contribution in [2.45, 2.75) is 0 Å². The molecule has 248 valence electrons. The Kier molecular flexibility index (Phi) is 6.21. The highest BCUT2D eigenvalue weighted by molar-refractivity contribution is 6.29. The van der Waals surface area contributed by atoms with E-state index >= 15 is 0 Å². The highest BCUT2D eigenvalue weighted by Crippen LogP contribution is 2.62. The van der Waals surface area contributed by atoms with Gasteiger partial charge in [0.25, 0.3) is 0 Å². The molecule has 0 aliphatic carbocycles. The third kappa shape index (κ3) is 4.09. The average molecular weight is 675 g/mol. The molecule has 0 atom stereocenters. The van der Waals surface area contributed by atoms with E-state index < -0.39 is 46.0 Å². The van der Waals surface area contributed by atoms with Crippen molar-refractivity contribution < 1.29 is 45.3 Å². The van der Waals surface area contributed by atoms with E-state index in [1.54, 1.807) is 42.5 Å². The van der Waals surface area contributed by atoms with Gasteiger partial charge >= 0.3 is 0 Å². The van der Waals surface area contributed by atoms with Gasteiger partial charge in [0.05, 0.1) is 0 Å². The van der Waals surface area contributed by atoms with Crippen LogP contribution in [-0.2, 0) is 0 Å². The molecular formula is C42H26O9. The summed E-state index contributed by atoms with van der Waals surface area (Å²) in [6.45, 7) is 0. The molecule has 8 aromatic carbocycles. The molecule has 0 bridgehead atoms. The largest absolute Gasteiger partial charge is 0.504 e. The molecule has 0 amide bonds. The Balaban J connectivity index is 1.57. The van der Waals surface area contributed by atoms with Crippen molar-refractivity contribution in [2.24, 2.45) is 0 Å². The molecule has 0 aliphatic heterocycles. The van der Waals surface area contributed by atoms with Crippen molar-refractivity contribution in [2.75, 3.05) is 0 Å². The van der Waals surface area contributed by atoms with E-state index in [-0.39, 0.29) is 32.7 Å². The first-order chi connectivity index (χ1) is 24.7. The first-order valence-corrected chi connectivity index (χ1v) is 15.9. The summed E-state index contributed by atoms with van der Waals surface area (Å²) in [6, 6.07) is 32.9. The zero-order chi connectivity index (χ0) is 35.3. The molecule has 9 nitrogen and oxygen atoms in total. The predicted octanol–water partition coefficient (Wildman–Crippen LogP) is 9.69. The summed E-state index contributed by atoms with van der Waals surface area (Å²) in [4.78, 5) is 0. The normalized spacial score (nSPS) is 11.8. The molecule has 0 radical (unpaired) electrons. The van der Waals surface area contributed by atoms with Crippen LogP contribution in [0.3, 0.4) is 0 Å². The molecule has 1 heterocycles. The lowest BCUT2D eigenvalue weighted by atomic mass is 9.83. The molecule has 0 fully saturated rings. The second-order valence-electron chi connectivity index (χ2n) is 12.5. The average Bonchev–Trinajstić information content (AvgIpc) is 3.52. The molecule has 0 saturated heterocycles. The predicted molar refractivity (Wildman–Crippen MR) is 196 cm³/mol. The van der Waals surface area contributed by atoms with Crippen LogP contribution in [0.5, 0.6) is 46.0 Å². The van der Waals surface area contributed by atoms with E-state index in [9.17, 15) is 40.9 Å². The zero-order valence-electron chi connectivity index (χ0n) is 26.4. The minimum atomic E-state index is -1.03. The van der Waals surface area contributed by atoms with Gasteiger partial charge in [0, 0.05) is 49.0 Å². The van der Waals surface area contributed by atoms with Crippen LogP contribution in [-0.4, -0.2) is 40.9 Å². The second kappa shape index (κ2) is 10.6. The number of hydrogen-bond acceptors (Lipinski definition) is 9. The van der Waals surface area contributed by atoms with E-state index in [1.807, 2.05) is 66.7 Å². The Hall–Kier alpha value is -7.26. The van der Waals surface area contributed by atoms with Gasteiger partial charge in [0.1, 0.15) is 11.2 Å². The Bertz CT molecular complexity index is 2850. The van der Waals surface area contributed by atoms with E-state index in [0.29, 0.717) is 33.2 Å². The lowest BCUT2D eigenvalue weighted by Gasteiger charge is -2.22. The van der Waals surface area contributed by atoms with E-state index in [1.165, 1.54) is 0 Å². The van der Waals surface area contributed by atoms with Gasteiger partial charge in [-0.3, -0.25) is 0 Å². The second-order valence-corrected chi connectivity index (χ2v) is 12.5. The number of benzene rings is 8. The van der Waals surface area contributed by atoms with Gasteiger partial charge in [-0.15, -0.1) is 0 Å². The summed E-state index contributed by atoms with van der Waals surface area (Å²) in [7, 11) is 0. The van der Waals surface area contributed by atoms with Gasteiger partial charge in [-0.25, -0.2) is 0 Å². The maximum Gasteiger partial charge on any atom is 0.204 e. The fourth-order valence-electron chi connectivity index (χ4n) is 7.34. The molecular weight excluding hydrogens is 648 g/mol. The third-order valence-corrected chi connectivity index (χ3v) is 9.67. The smallest absolute Gasteiger partial charge is 0.204 e. The monoisotopic (exact) mass is 674 g/mol. The molecule has 9 aromatic rings. The molecule has 1 aromatic heterocycles. The Labute approximate surface area is 287 Å². The van der Waals surface area contributed by atoms with Crippen LogP contribution in [0, 0.1) is 0 Å². The molecule has 0 saturated carbocycles. The van der Waals surface area contributed by atoms with Gasteiger partial charge < -0.3 is 45.3 Å². The van der Waals surface area contributed by atoms with Crippen molar-refractivity contribution in [1.82, 2.24) is 0 Å². The minimum absolute atomic E-state index is 0.0138. The molecule has 51 heavy (non-hydrogen) atoms. The number of fused-ring (bicyclic) bond motifs is 6. The van der Waals surface area contributed by atoms with Crippen molar-refractivity contribution in [1.29, 1.82) is 0 Å². The summed E-state index contributed by atoms with van der Waals surface area (Å²) in [5.41, 5.74) is 3.07. The van der Waals surface area contributed by atoms with Crippen LogP contribution in [0.2, 0.25) is 0 Å². The molecule has 0 aliphatic rings. The Morgan fingerprint density at radius 2 is 0.784 bits per heavy atom. The first kappa shape index (κ1) is 29.8. The molecule has 0 spiro atoms. The van der Waals surface area contributed by atoms with Crippen LogP contribution < -0.4 is 0 Å². The quantitative estimate of drug-likeness (QED) is 0.0515. The standard InChI is InChI=1S/C42H26O9/c43-34-30-28(20-11-5-2-6-12-20)31-33(37(46)41(50)39(48)35(31)44)29(32(30)36(45)40(49)38(34)47)23-16-24(19-9-3-1-4-10-19)42-26(17-23)25-15-21-13-7-8-14-22(21)18-27(25)51-42/h1-18,43-50H. The Morgan fingerprint density at radius 3 is 1.29 bits per heavy atom. The van der Waals surface area contributed by atoms with Crippen molar-refractivity contribution in [3.05, 3.63) is 109 Å². The zero-order valence-corrected chi connectivity index (χ0v) is 26.4. The molecule has 9 heteroatoms. The Morgan fingerprint density at radius 1 is 0.353 bits per heavy atom. The van der Waals surface area contributed by atoms with E-state index in [0.717, 1.165) is 21.7 Å². The summed E-state index contributed by atoms with van der Waals surface area (Å²) < 4.78 is 6.52. The number of furan rings is 1. The van der Waals surface area contributed by atoms with Gasteiger partial charge in [0.15, 0.2) is 23.0 Å². The van der Waals surface area contributed by atoms with Crippen LogP contribution in [0.25, 0.3) is 87.6 Å². The number of phenolic OH excluding ortho intramolecular Hbond substituents is 8. The van der Waals surface area contributed by atoms with Crippen molar-refractivity contribution in [3.63, 3.8) is 0 Å². The van der Waals surface area contributed by atoms with Gasteiger partial charge in [-0.05, 0) is 51.7 Å². The topological polar surface area (TPSA) is 175 Å². The van der Waals surface area contributed by atoms with Gasteiger partial charge in [0.2, 0.25) is 23.0 Å². The maximum absolute atomic E-state index is 11.7. The third-order valence-electron chi connectivity index (χ3n) is 9.67. The van der Waals surface area contributed by atoms with Gasteiger partial charge in [-0.2, -0.15) is 0 Å². The minimum Gasteiger partial charge on any atom is -0.504 e. The lowest BCUT2D eigenvalue weighted by molar-refractivity contribution is 0.350. The lowest BCUT2D eigenvalue weighted by Crippen LogP contribution is -1.95. The summed E-state index contributed by atoms with van der Waals surface area (Å²) in [5.74, 6) is -7.47. The molecule has 8 N–H and O–H groups in total. The fourth-order valence-corrected chi connectivity index (χ4v) is 7.34. The first-order valence-electron chi connectivity index (χ1n) is 15.9. The number of rotatable bonds is 3. The molecule has 9 rings (SSSR count). The molecule has 0 unspecified atom stereocenters. The van der Waals surface area contributed by atoms with Crippen LogP contribution in [0.15, 0.2) is 114 Å².